The molecule has 10 aromatic carbocycles. The summed E-state index contributed by atoms with van der Waals surface area (Å²) in [4.78, 5) is 104. The van der Waals surface area contributed by atoms with E-state index in [-0.39, 0.29) is 48.9 Å². The summed E-state index contributed by atoms with van der Waals surface area (Å²) in [7, 11) is 6.14. The molecule has 2 atom stereocenters. The number of rotatable bonds is 37. The molecule has 5 amide bonds. The molecule has 10 rings (SSSR count). The van der Waals surface area contributed by atoms with E-state index in [0.29, 0.717) is 111 Å². The third-order valence-corrected chi connectivity index (χ3v) is 18.0. The van der Waals surface area contributed by atoms with Crippen molar-refractivity contribution in [1.29, 1.82) is 0 Å². The van der Waals surface area contributed by atoms with Crippen molar-refractivity contribution in [1.82, 2.24) is 26.6 Å². The van der Waals surface area contributed by atoms with E-state index in [2.05, 4.69) is 42.5 Å². The van der Waals surface area contributed by atoms with Gasteiger partial charge in [0, 0.05) is 30.6 Å². The third kappa shape index (κ3) is 21.1. The zero-order chi connectivity index (χ0) is 77.2. The van der Waals surface area contributed by atoms with Crippen molar-refractivity contribution in [3.63, 3.8) is 0 Å². The molecule has 109 heavy (non-hydrogen) atoms. The summed E-state index contributed by atoms with van der Waals surface area (Å²) in [5, 5.41) is 53.3. The molecule has 0 aromatic heterocycles. The fraction of sp³-hybridized carbons (Fsp3) is 0.186. The highest BCUT2D eigenvalue weighted by Crippen LogP contribution is 2.40. The van der Waals surface area contributed by atoms with Gasteiger partial charge in [0.05, 0.1) is 85.8 Å². The molecule has 558 valence electrons. The Balaban J connectivity index is 0.673. The molecular formula is C86H84N8O15. The zero-order valence-electron chi connectivity index (χ0n) is 60.5. The first-order valence-electron chi connectivity index (χ1n) is 35.3. The highest BCUT2D eigenvalue weighted by atomic mass is 16.5. The SMILES string of the molecule is COc1cc(-c2ccc(Nc3ccccc3C(=O)NCC(=O)NC(CCCCNC(=O)c3ccccc3Nc3ccc(-c4ccc(Nc5ccccc5C(=O)O)c(OC)c4)cc3OC)C(=O)O)c(OC)c2)ccc1Cc1ccccc1C(=O)NCCCCC(NC(=O)/C(=C/c1ccccc1)c1ccccc1)C(=O)O. The molecule has 0 saturated heterocycles. The molecular weight excluding hydrogens is 1380 g/mol. The van der Waals surface area contributed by atoms with Crippen molar-refractivity contribution < 1.29 is 72.6 Å². The summed E-state index contributed by atoms with van der Waals surface area (Å²) in [5.74, 6) is -4.01. The lowest BCUT2D eigenvalue weighted by atomic mass is 9.96. The van der Waals surface area contributed by atoms with E-state index >= 15 is 0 Å². The summed E-state index contributed by atoms with van der Waals surface area (Å²) in [5.41, 5.74) is 10.6. The number of carboxylic acid groups (broad SMARTS) is 3. The Morgan fingerprint density at radius 1 is 0.376 bits per heavy atom. The Labute approximate surface area is 630 Å². The number of carboxylic acids is 3. The summed E-state index contributed by atoms with van der Waals surface area (Å²) in [6.07, 6.45) is 3.87. The first kappa shape index (κ1) is 77.9. The van der Waals surface area contributed by atoms with Gasteiger partial charge >= 0.3 is 17.9 Å². The van der Waals surface area contributed by atoms with Gasteiger partial charge in [-0.1, -0.05) is 146 Å². The lowest BCUT2D eigenvalue weighted by molar-refractivity contribution is -0.142. The van der Waals surface area contributed by atoms with Crippen LogP contribution in [0, 0.1) is 0 Å². The fourth-order valence-electron chi connectivity index (χ4n) is 12.3. The normalized spacial score (nSPS) is 11.5. The van der Waals surface area contributed by atoms with Crippen molar-refractivity contribution >= 4 is 93.2 Å². The number of amides is 5. The van der Waals surface area contributed by atoms with E-state index < -0.39 is 54.3 Å². The minimum Gasteiger partial charge on any atom is -0.496 e. The summed E-state index contributed by atoms with van der Waals surface area (Å²) >= 11 is 0. The number of nitrogens with one attached hydrogen (secondary N) is 8. The maximum Gasteiger partial charge on any atom is 0.337 e. The molecule has 0 heterocycles. The van der Waals surface area contributed by atoms with Crippen molar-refractivity contribution in [2.45, 2.75) is 57.0 Å². The second kappa shape index (κ2) is 38.4. The van der Waals surface area contributed by atoms with Gasteiger partial charge in [0.25, 0.3) is 23.6 Å². The maximum atomic E-state index is 13.7. The van der Waals surface area contributed by atoms with E-state index in [9.17, 15) is 53.7 Å². The molecule has 23 nitrogen and oxygen atoms in total. The summed E-state index contributed by atoms with van der Waals surface area (Å²) in [6.45, 7) is -0.0481. The summed E-state index contributed by atoms with van der Waals surface area (Å²) in [6, 6.07) is 65.7. The standard InChI is InChI=1S/C86H84N8O15/c1-106-75-49-56(37-38-61(75)48-60-27-11-12-28-62(60)80(96)87-45-22-20-36-74(86(104)105)94-83(99)66(55-25-9-6-10-26-55)47-54-23-7-5-8-24-54)57-39-42-71(76(50-57)107-2)91-68-33-17-14-30-64(68)82(98)89-53-79(95)93-73(85(102)103)35-19-21-46-88-81(97)63-29-13-16-32-67(63)90-70-43-40-58(51-77(70)108-3)59-41-44-72(78(52-59)109-4)92-69-34-18-15-31-65(69)84(100)101/h5-18,23-34,37-44,47,49-52,73-74,90-92H,19-22,35-36,45-46,48,53H2,1-4H3,(H,87,96)(H,88,97)(H,89,98)(H,93,95)(H,94,99)(H,100,101)(H,102,103)(H,104,105)/b66-47+. The van der Waals surface area contributed by atoms with Gasteiger partial charge in [0.2, 0.25) is 5.91 Å². The van der Waals surface area contributed by atoms with Gasteiger partial charge in [0.1, 0.15) is 35.1 Å². The molecule has 0 aliphatic carbocycles. The molecule has 0 fully saturated rings. The predicted molar refractivity (Wildman–Crippen MR) is 420 cm³/mol. The number of aliphatic carboxylic acids is 2. The quantitative estimate of drug-likeness (QED) is 0.00979. The molecule has 11 N–H and O–H groups in total. The van der Waals surface area contributed by atoms with Crippen LogP contribution in [0.4, 0.5) is 34.1 Å². The van der Waals surface area contributed by atoms with E-state index in [0.717, 1.165) is 38.9 Å². The molecule has 0 bridgehead atoms. The van der Waals surface area contributed by atoms with Gasteiger partial charge in [-0.2, -0.15) is 0 Å². The van der Waals surface area contributed by atoms with E-state index in [1.54, 1.807) is 116 Å². The highest BCUT2D eigenvalue weighted by Gasteiger charge is 2.26. The van der Waals surface area contributed by atoms with Crippen molar-refractivity contribution in [2.24, 2.45) is 0 Å². The minimum absolute atomic E-state index is 0.0425. The number of anilines is 6. The van der Waals surface area contributed by atoms with Crippen LogP contribution >= 0.6 is 0 Å². The van der Waals surface area contributed by atoms with Crippen LogP contribution in [-0.4, -0.2) is 123 Å². The van der Waals surface area contributed by atoms with Gasteiger partial charge in [-0.3, -0.25) is 24.0 Å². The first-order valence-corrected chi connectivity index (χ1v) is 35.3. The van der Waals surface area contributed by atoms with Crippen LogP contribution in [0.5, 0.6) is 23.0 Å². The number of methoxy groups -OCH3 is 4. The number of para-hydroxylation sites is 3. The van der Waals surface area contributed by atoms with Crippen LogP contribution in [0.3, 0.4) is 0 Å². The molecule has 2 unspecified atom stereocenters. The Morgan fingerprint density at radius 2 is 0.771 bits per heavy atom. The van der Waals surface area contributed by atoms with Gasteiger partial charge < -0.3 is 76.8 Å². The molecule has 0 aliphatic rings. The summed E-state index contributed by atoms with van der Waals surface area (Å²) < 4.78 is 23.2. The highest BCUT2D eigenvalue weighted by molar-refractivity contribution is 6.24. The van der Waals surface area contributed by atoms with Crippen LogP contribution in [0.15, 0.2) is 231 Å². The fourth-order valence-corrected chi connectivity index (χ4v) is 12.3. The number of unbranched alkanes of at least 4 members (excludes halogenated alkanes) is 2. The minimum atomic E-state index is -1.28. The van der Waals surface area contributed by atoms with Crippen LogP contribution in [0.2, 0.25) is 0 Å². The number of ether oxygens (including phenoxy) is 4. The lowest BCUT2D eigenvalue weighted by Gasteiger charge is -2.17. The first-order chi connectivity index (χ1) is 52.9. The smallest absolute Gasteiger partial charge is 0.337 e. The van der Waals surface area contributed by atoms with Gasteiger partial charge in [-0.05, 0) is 174 Å². The largest absolute Gasteiger partial charge is 0.496 e. The molecule has 0 spiro atoms. The monoisotopic (exact) mass is 1470 g/mol. The number of carbonyl (C=O) groups is 8. The average Bonchev–Trinajstić information content (AvgIpc) is 0.809. The number of benzene rings is 10. The third-order valence-electron chi connectivity index (χ3n) is 18.0. The van der Waals surface area contributed by atoms with Crippen LogP contribution in [0.1, 0.15) is 102 Å². The van der Waals surface area contributed by atoms with Crippen LogP contribution in [0.25, 0.3) is 33.9 Å². The number of aromatic carboxylic acids is 1. The second-order valence-electron chi connectivity index (χ2n) is 25.3. The van der Waals surface area contributed by atoms with Crippen molar-refractivity contribution in [3.05, 3.63) is 275 Å². The van der Waals surface area contributed by atoms with E-state index in [1.807, 2.05) is 121 Å². The Bertz CT molecular complexity index is 4950. The number of hydrogen-bond donors (Lipinski definition) is 11. The van der Waals surface area contributed by atoms with Crippen LogP contribution in [-0.2, 0) is 25.6 Å². The predicted octanol–water partition coefficient (Wildman–Crippen LogP) is 14.2. The Kier molecular flexibility index (Phi) is 27.4. The second-order valence-corrected chi connectivity index (χ2v) is 25.3. The molecule has 0 radical (unpaired) electrons. The molecule has 10 aromatic rings. The molecule has 23 heteroatoms. The maximum absolute atomic E-state index is 13.7. The number of carbonyl (C=O) groups excluding carboxylic acids is 5. The van der Waals surface area contributed by atoms with Crippen LogP contribution < -0.4 is 61.5 Å². The van der Waals surface area contributed by atoms with E-state index in [4.69, 9.17) is 18.9 Å². The molecule has 0 saturated carbocycles. The van der Waals surface area contributed by atoms with Gasteiger partial charge in [-0.25, -0.2) is 14.4 Å². The number of hydrogen-bond acceptors (Lipinski definition) is 15. The molecule has 0 aliphatic heterocycles. The van der Waals surface area contributed by atoms with Gasteiger partial charge in [-0.15, -0.1) is 0 Å². The van der Waals surface area contributed by atoms with Gasteiger partial charge in [0.15, 0.2) is 0 Å². The lowest BCUT2D eigenvalue weighted by Crippen LogP contribution is -2.45. The topological polar surface area (TPSA) is 330 Å². The zero-order valence-corrected chi connectivity index (χ0v) is 60.5. The Hall–Kier alpha value is -13.7. The van der Waals surface area contributed by atoms with Crippen molar-refractivity contribution in [3.8, 4) is 45.3 Å². The van der Waals surface area contributed by atoms with E-state index in [1.165, 1.54) is 27.4 Å². The Morgan fingerprint density at radius 3 is 1.25 bits per heavy atom. The average molecular weight is 1470 g/mol. The van der Waals surface area contributed by atoms with Crippen molar-refractivity contribution in [2.75, 3.05) is 64.0 Å².